The first-order valence-electron chi connectivity index (χ1n) is 3.51. The van der Waals surface area contributed by atoms with Crippen molar-refractivity contribution in [3.63, 3.8) is 0 Å². The summed E-state index contributed by atoms with van der Waals surface area (Å²) >= 11 is 6.88. The number of hydrogen-bond acceptors (Lipinski definition) is 1. The lowest BCUT2D eigenvalue weighted by atomic mass is 10.2. The Labute approximate surface area is 87.0 Å². The van der Waals surface area contributed by atoms with Gasteiger partial charge in [-0.05, 0) is 50.9 Å². The van der Waals surface area contributed by atoms with Crippen LogP contribution in [0.5, 0.6) is 0 Å². The molecular formula is C9H6Br2O. The molecule has 0 aliphatic carbocycles. The molecule has 0 saturated heterocycles. The fraction of sp³-hybridized carbons (Fsp3) is 0.111. The summed E-state index contributed by atoms with van der Waals surface area (Å²) < 4.78 is 7.39. The molecule has 0 aliphatic heterocycles. The van der Waals surface area contributed by atoms with Crippen molar-refractivity contribution in [2.75, 3.05) is 0 Å². The summed E-state index contributed by atoms with van der Waals surface area (Å²) in [7, 11) is 0. The van der Waals surface area contributed by atoms with E-state index < -0.39 is 0 Å². The van der Waals surface area contributed by atoms with Crippen molar-refractivity contribution >= 4 is 42.6 Å². The highest BCUT2D eigenvalue weighted by Crippen LogP contribution is 2.30. The number of fused-ring (bicyclic) bond motifs is 1. The van der Waals surface area contributed by atoms with Crippen LogP contribution in [0, 0.1) is 6.92 Å². The van der Waals surface area contributed by atoms with Gasteiger partial charge in [0.25, 0.3) is 0 Å². The second-order valence-corrected chi connectivity index (χ2v) is 4.35. The van der Waals surface area contributed by atoms with Crippen LogP contribution in [0.2, 0.25) is 0 Å². The van der Waals surface area contributed by atoms with E-state index in [1.165, 1.54) is 0 Å². The van der Waals surface area contributed by atoms with Crippen LogP contribution in [-0.4, -0.2) is 0 Å². The standard InChI is InChI=1S/C9H6Br2O/c1-5-7-3-9(11)8(10)2-6(7)4-12-5/h2-4H,1H3. The van der Waals surface area contributed by atoms with E-state index in [9.17, 15) is 0 Å². The fourth-order valence-corrected chi connectivity index (χ4v) is 1.88. The van der Waals surface area contributed by atoms with E-state index in [-0.39, 0.29) is 0 Å². The Morgan fingerprint density at radius 2 is 1.83 bits per heavy atom. The summed E-state index contributed by atoms with van der Waals surface area (Å²) in [6.07, 6.45) is 1.77. The first-order chi connectivity index (χ1) is 5.68. The largest absolute Gasteiger partial charge is 0.468 e. The van der Waals surface area contributed by atoms with E-state index in [4.69, 9.17) is 4.42 Å². The maximum atomic E-state index is 5.28. The molecule has 1 aromatic heterocycles. The van der Waals surface area contributed by atoms with Gasteiger partial charge in [-0.2, -0.15) is 0 Å². The molecule has 62 valence electrons. The summed E-state index contributed by atoms with van der Waals surface area (Å²) in [5, 5.41) is 2.28. The minimum atomic E-state index is 0.957. The Morgan fingerprint density at radius 3 is 2.58 bits per heavy atom. The molecule has 3 heteroatoms. The van der Waals surface area contributed by atoms with Gasteiger partial charge in [-0.3, -0.25) is 0 Å². The van der Waals surface area contributed by atoms with E-state index >= 15 is 0 Å². The highest BCUT2D eigenvalue weighted by Gasteiger charge is 2.04. The highest BCUT2D eigenvalue weighted by molar-refractivity contribution is 9.13. The van der Waals surface area contributed by atoms with Crippen LogP contribution in [0.3, 0.4) is 0 Å². The van der Waals surface area contributed by atoms with Crippen molar-refractivity contribution in [1.29, 1.82) is 0 Å². The minimum Gasteiger partial charge on any atom is -0.468 e. The van der Waals surface area contributed by atoms with Gasteiger partial charge in [-0.1, -0.05) is 0 Å². The van der Waals surface area contributed by atoms with Crippen molar-refractivity contribution in [3.8, 4) is 0 Å². The fourth-order valence-electron chi connectivity index (χ4n) is 1.18. The molecule has 0 radical (unpaired) electrons. The van der Waals surface area contributed by atoms with Crippen LogP contribution in [0.25, 0.3) is 10.8 Å². The van der Waals surface area contributed by atoms with E-state index in [1.807, 2.05) is 13.0 Å². The Balaban J connectivity index is 2.87. The number of furan rings is 1. The van der Waals surface area contributed by atoms with Crippen molar-refractivity contribution in [3.05, 3.63) is 33.1 Å². The predicted octanol–water partition coefficient (Wildman–Crippen LogP) is 4.27. The van der Waals surface area contributed by atoms with Gasteiger partial charge in [0.15, 0.2) is 0 Å². The van der Waals surface area contributed by atoms with Crippen molar-refractivity contribution in [2.45, 2.75) is 6.92 Å². The molecule has 2 rings (SSSR count). The van der Waals surface area contributed by atoms with Gasteiger partial charge in [0.05, 0.1) is 6.26 Å². The van der Waals surface area contributed by atoms with Crippen LogP contribution in [0.15, 0.2) is 31.8 Å². The lowest BCUT2D eigenvalue weighted by Crippen LogP contribution is -1.71. The molecule has 0 saturated carbocycles. The average molecular weight is 290 g/mol. The third-order valence-electron chi connectivity index (χ3n) is 1.83. The van der Waals surface area contributed by atoms with Crippen LogP contribution >= 0.6 is 31.9 Å². The molecular weight excluding hydrogens is 284 g/mol. The van der Waals surface area contributed by atoms with E-state index in [0.29, 0.717) is 0 Å². The zero-order chi connectivity index (χ0) is 8.72. The quantitative estimate of drug-likeness (QED) is 0.706. The molecule has 1 heterocycles. The third kappa shape index (κ3) is 1.21. The molecule has 12 heavy (non-hydrogen) atoms. The van der Waals surface area contributed by atoms with Crippen molar-refractivity contribution in [1.82, 2.24) is 0 Å². The average Bonchev–Trinajstić information content (AvgIpc) is 2.35. The predicted molar refractivity (Wildman–Crippen MR) is 56.4 cm³/mol. The molecule has 0 spiro atoms. The summed E-state index contributed by atoms with van der Waals surface area (Å²) in [5.41, 5.74) is 0. The van der Waals surface area contributed by atoms with Crippen molar-refractivity contribution < 1.29 is 4.42 Å². The molecule has 1 aromatic carbocycles. The molecule has 0 amide bonds. The van der Waals surface area contributed by atoms with E-state index in [1.54, 1.807) is 6.26 Å². The monoisotopic (exact) mass is 288 g/mol. The number of hydrogen-bond donors (Lipinski definition) is 0. The Morgan fingerprint density at radius 1 is 1.17 bits per heavy atom. The second-order valence-electron chi connectivity index (χ2n) is 2.65. The van der Waals surface area contributed by atoms with Crippen LogP contribution in [0.4, 0.5) is 0 Å². The first kappa shape index (κ1) is 8.32. The number of rotatable bonds is 0. The summed E-state index contributed by atoms with van der Waals surface area (Å²) in [5.74, 6) is 0.957. The van der Waals surface area contributed by atoms with Gasteiger partial charge in [0.2, 0.25) is 0 Å². The van der Waals surface area contributed by atoms with Gasteiger partial charge >= 0.3 is 0 Å². The van der Waals surface area contributed by atoms with Crippen LogP contribution < -0.4 is 0 Å². The highest BCUT2D eigenvalue weighted by atomic mass is 79.9. The lowest BCUT2D eigenvalue weighted by molar-refractivity contribution is 0.540. The van der Waals surface area contributed by atoms with E-state index in [2.05, 4.69) is 37.9 Å². The van der Waals surface area contributed by atoms with Crippen LogP contribution in [-0.2, 0) is 0 Å². The Hall–Kier alpha value is -0.280. The topological polar surface area (TPSA) is 13.1 Å². The van der Waals surface area contributed by atoms with E-state index in [0.717, 1.165) is 25.5 Å². The van der Waals surface area contributed by atoms with Gasteiger partial charge in [-0.15, -0.1) is 0 Å². The Kier molecular flexibility index (Phi) is 2.00. The maximum absolute atomic E-state index is 5.28. The lowest BCUT2D eigenvalue weighted by Gasteiger charge is -1.95. The summed E-state index contributed by atoms with van der Waals surface area (Å²) in [6.45, 7) is 1.96. The summed E-state index contributed by atoms with van der Waals surface area (Å²) in [6, 6.07) is 4.09. The first-order valence-corrected chi connectivity index (χ1v) is 5.10. The molecule has 0 fully saturated rings. The van der Waals surface area contributed by atoms with Crippen LogP contribution in [0.1, 0.15) is 5.76 Å². The molecule has 1 nitrogen and oxygen atoms in total. The van der Waals surface area contributed by atoms with Gasteiger partial charge < -0.3 is 4.42 Å². The molecule has 0 unspecified atom stereocenters. The molecule has 0 bridgehead atoms. The van der Waals surface area contributed by atoms with Gasteiger partial charge in [0, 0.05) is 19.7 Å². The Bertz CT molecular complexity index is 431. The van der Waals surface area contributed by atoms with Gasteiger partial charge in [-0.25, -0.2) is 0 Å². The number of aryl methyl sites for hydroxylation is 1. The minimum absolute atomic E-state index is 0.957. The third-order valence-corrected chi connectivity index (χ3v) is 3.68. The second kappa shape index (κ2) is 2.89. The SMILES string of the molecule is Cc1occ2cc(Br)c(Br)cc12. The van der Waals surface area contributed by atoms with Gasteiger partial charge in [0.1, 0.15) is 5.76 Å². The number of benzene rings is 1. The summed E-state index contributed by atoms with van der Waals surface area (Å²) in [4.78, 5) is 0. The van der Waals surface area contributed by atoms with Crippen molar-refractivity contribution in [2.24, 2.45) is 0 Å². The normalized spacial score (nSPS) is 10.9. The molecule has 0 atom stereocenters. The number of halogens is 2. The molecule has 2 aromatic rings. The maximum Gasteiger partial charge on any atom is 0.108 e. The zero-order valence-corrected chi connectivity index (χ0v) is 9.57. The zero-order valence-electron chi connectivity index (χ0n) is 6.40. The molecule has 0 aliphatic rings. The smallest absolute Gasteiger partial charge is 0.108 e. The molecule has 0 N–H and O–H groups in total.